The predicted octanol–water partition coefficient (Wildman–Crippen LogP) is 6.90. The van der Waals surface area contributed by atoms with Crippen LogP contribution < -0.4 is 11.0 Å². The topological polar surface area (TPSA) is 70.2 Å². The molecule has 40 heavy (non-hydrogen) atoms. The van der Waals surface area contributed by atoms with Gasteiger partial charge in [0.1, 0.15) is 16.3 Å². The highest BCUT2D eigenvalue weighted by molar-refractivity contribution is 7.12. The van der Waals surface area contributed by atoms with Crippen molar-refractivity contribution in [3.8, 4) is 0 Å². The molecule has 0 bridgehead atoms. The number of nitrogens with zero attached hydrogens (tertiary/aromatic N) is 3. The van der Waals surface area contributed by atoms with E-state index in [2.05, 4.69) is 20.9 Å². The molecule has 2 N–H and O–H groups in total. The monoisotopic (exact) mass is 591 g/mol. The quantitative estimate of drug-likeness (QED) is 0.180. The number of rotatable bonds is 7. The third kappa shape index (κ3) is 5.55. The molecule has 0 saturated heterocycles. The van der Waals surface area contributed by atoms with Crippen LogP contribution in [0, 0.1) is 0 Å². The number of hydrazine groups is 2. The Morgan fingerprint density at radius 2 is 1.80 bits per heavy atom. The summed E-state index contributed by atoms with van der Waals surface area (Å²) in [5, 5.41) is 1.71. The van der Waals surface area contributed by atoms with Crippen LogP contribution >= 0.6 is 22.9 Å². The molecule has 1 aliphatic rings. The lowest BCUT2D eigenvalue weighted by Crippen LogP contribution is -2.37. The highest BCUT2D eigenvalue weighted by atomic mass is 35.5. The molecule has 3 heterocycles. The van der Waals surface area contributed by atoms with Crippen LogP contribution in [0.2, 0.25) is 5.02 Å². The third-order valence-electron chi connectivity index (χ3n) is 6.05. The van der Waals surface area contributed by atoms with Gasteiger partial charge in [0.15, 0.2) is 0 Å². The molecule has 0 aliphatic carbocycles. The molecule has 4 aromatic rings. The second-order valence-electron chi connectivity index (χ2n) is 8.93. The van der Waals surface area contributed by atoms with E-state index in [9.17, 15) is 26.7 Å². The molecular formula is C27H19ClF5N5OS. The van der Waals surface area contributed by atoms with Crippen LogP contribution in [0.15, 0.2) is 72.5 Å². The lowest BCUT2D eigenvalue weighted by molar-refractivity contribution is -0.137. The minimum Gasteiger partial charge on any atom is -0.300 e. The van der Waals surface area contributed by atoms with Crippen molar-refractivity contribution in [1.29, 1.82) is 0 Å². The number of ketones is 1. The maximum absolute atomic E-state index is 14.1. The minimum atomic E-state index is -4.82. The summed E-state index contributed by atoms with van der Waals surface area (Å²) in [7, 11) is 0. The Labute approximate surface area is 234 Å². The zero-order valence-electron chi connectivity index (χ0n) is 20.6. The highest BCUT2D eigenvalue weighted by Crippen LogP contribution is 2.38. The van der Waals surface area contributed by atoms with Crippen molar-refractivity contribution in [2.24, 2.45) is 0 Å². The van der Waals surface area contributed by atoms with Crippen LogP contribution in [-0.4, -0.2) is 20.8 Å². The Hall–Kier alpha value is -3.87. The van der Waals surface area contributed by atoms with Gasteiger partial charge in [0.2, 0.25) is 5.78 Å². The fourth-order valence-corrected chi connectivity index (χ4v) is 5.17. The maximum atomic E-state index is 14.1. The van der Waals surface area contributed by atoms with Crippen molar-refractivity contribution >= 4 is 40.1 Å². The van der Waals surface area contributed by atoms with E-state index < -0.39 is 23.2 Å². The summed E-state index contributed by atoms with van der Waals surface area (Å²) in [5.74, 6) is -3.86. The molecule has 1 aliphatic heterocycles. The van der Waals surface area contributed by atoms with Crippen LogP contribution in [0.1, 0.15) is 50.1 Å². The summed E-state index contributed by atoms with van der Waals surface area (Å²) in [6, 6.07) is 12.2. The Bertz CT molecular complexity index is 1570. The first kappa shape index (κ1) is 27.7. The van der Waals surface area contributed by atoms with Crippen molar-refractivity contribution in [3.63, 3.8) is 0 Å². The summed E-state index contributed by atoms with van der Waals surface area (Å²) in [6.45, 7) is 0.298. The second kappa shape index (κ2) is 10.6. The van der Waals surface area contributed by atoms with Crippen molar-refractivity contribution in [1.82, 2.24) is 25.9 Å². The first-order chi connectivity index (χ1) is 18.9. The van der Waals surface area contributed by atoms with Gasteiger partial charge in [-0.25, -0.2) is 13.8 Å². The smallest absolute Gasteiger partial charge is 0.300 e. The summed E-state index contributed by atoms with van der Waals surface area (Å²) >= 11 is 7.35. The van der Waals surface area contributed by atoms with Crippen LogP contribution in [0.5, 0.6) is 0 Å². The third-order valence-corrected chi connectivity index (χ3v) is 7.21. The minimum absolute atomic E-state index is 0.0195. The molecule has 0 atom stereocenters. The Kier molecular flexibility index (Phi) is 7.34. The molecule has 0 fully saturated rings. The van der Waals surface area contributed by atoms with Gasteiger partial charge in [0, 0.05) is 36.0 Å². The largest absolute Gasteiger partial charge is 0.416 e. The average Bonchev–Trinajstić information content (AvgIpc) is 3.55. The zero-order valence-corrected chi connectivity index (χ0v) is 22.1. The molecule has 2 aromatic heterocycles. The fourth-order valence-electron chi connectivity index (χ4n) is 4.20. The van der Waals surface area contributed by atoms with E-state index >= 15 is 0 Å². The summed E-state index contributed by atoms with van der Waals surface area (Å²) in [5.41, 5.74) is 7.16. The van der Waals surface area contributed by atoms with Crippen LogP contribution in [0.3, 0.4) is 0 Å². The zero-order chi connectivity index (χ0) is 28.7. The summed E-state index contributed by atoms with van der Waals surface area (Å²) in [4.78, 5) is 22.2. The molecule has 6 nitrogen and oxygen atoms in total. The molecule has 5 rings (SSSR count). The van der Waals surface area contributed by atoms with E-state index in [1.54, 1.807) is 42.6 Å². The fraction of sp³-hybridized carbons (Fsp3) is 0.148. The number of thiazole rings is 1. The van der Waals surface area contributed by atoms with Crippen molar-refractivity contribution in [3.05, 3.63) is 116 Å². The number of pyridine rings is 1. The average molecular weight is 592 g/mol. The highest BCUT2D eigenvalue weighted by Gasteiger charge is 2.36. The lowest BCUT2D eigenvalue weighted by Gasteiger charge is -2.23. The lowest BCUT2D eigenvalue weighted by atomic mass is 10.0. The molecule has 0 radical (unpaired) electrons. The molecule has 0 spiro atoms. The van der Waals surface area contributed by atoms with E-state index in [1.807, 2.05) is 0 Å². The number of halogens is 6. The normalized spacial score (nSPS) is 14.0. The molecule has 0 unspecified atom stereocenters. The van der Waals surface area contributed by atoms with Crippen LogP contribution in [-0.2, 0) is 18.6 Å². The molecule has 0 saturated carbocycles. The van der Waals surface area contributed by atoms with Crippen molar-refractivity contribution < 1.29 is 26.7 Å². The standard InChI is InChI=1S/C27H19ClF5N5OS/c1-26(29,30)17-9-15(10-18(11-17)27(31,32)33)13-38-23(16-5-4-8-34-12-16)21(36-37-38)22-25(40-14-35-22)24(39)19-6-2-3-7-20(19)28/h2-12,14,36-37H,13H2,1H3. The number of nitrogens with one attached hydrogen (secondary N) is 2. The number of benzene rings is 2. The molecule has 2 aromatic carbocycles. The summed E-state index contributed by atoms with van der Waals surface area (Å²) in [6.07, 6.45) is -1.76. The van der Waals surface area contributed by atoms with E-state index in [0.29, 0.717) is 29.9 Å². The maximum Gasteiger partial charge on any atom is 0.416 e. The van der Waals surface area contributed by atoms with Gasteiger partial charge in [0.25, 0.3) is 5.92 Å². The van der Waals surface area contributed by atoms with Gasteiger partial charge in [-0.15, -0.1) is 16.9 Å². The van der Waals surface area contributed by atoms with Crippen LogP contribution in [0.25, 0.3) is 11.4 Å². The summed E-state index contributed by atoms with van der Waals surface area (Å²) < 4.78 is 69.0. The van der Waals surface area contributed by atoms with E-state index in [1.165, 1.54) is 16.7 Å². The van der Waals surface area contributed by atoms with Gasteiger partial charge >= 0.3 is 6.18 Å². The Morgan fingerprint density at radius 1 is 1.05 bits per heavy atom. The number of carbonyl (C=O) groups is 1. The number of hydrogen-bond donors (Lipinski definition) is 2. The number of carbonyl (C=O) groups excluding carboxylic acids is 1. The first-order valence-electron chi connectivity index (χ1n) is 11.7. The molecule has 13 heteroatoms. The van der Waals surface area contributed by atoms with Crippen molar-refractivity contribution in [2.75, 3.05) is 0 Å². The molecule has 206 valence electrons. The van der Waals surface area contributed by atoms with E-state index in [-0.39, 0.29) is 39.0 Å². The second-order valence-corrected chi connectivity index (χ2v) is 10.2. The van der Waals surface area contributed by atoms with Crippen molar-refractivity contribution in [2.45, 2.75) is 25.6 Å². The SMILES string of the molecule is CC(F)(F)c1cc(CN2NNC(c3ncsc3C(=O)c3ccccc3Cl)=C2c2cccnc2)cc(C(F)(F)F)c1. The first-order valence-corrected chi connectivity index (χ1v) is 13.0. The molecule has 0 amide bonds. The van der Waals surface area contributed by atoms with Gasteiger partial charge < -0.3 is 0 Å². The van der Waals surface area contributed by atoms with E-state index in [0.717, 1.165) is 23.5 Å². The number of alkyl halides is 5. The van der Waals surface area contributed by atoms with Gasteiger partial charge in [-0.05, 0) is 48.0 Å². The van der Waals surface area contributed by atoms with Gasteiger partial charge in [-0.1, -0.05) is 23.7 Å². The Balaban J connectivity index is 1.60. The van der Waals surface area contributed by atoms with Gasteiger partial charge in [0.05, 0.1) is 28.3 Å². The number of aromatic nitrogens is 2. The number of hydrogen-bond acceptors (Lipinski definition) is 7. The Morgan fingerprint density at radius 3 is 2.48 bits per heavy atom. The van der Waals surface area contributed by atoms with Crippen LogP contribution in [0.4, 0.5) is 22.0 Å². The predicted molar refractivity (Wildman–Crippen MR) is 141 cm³/mol. The van der Waals surface area contributed by atoms with Gasteiger partial charge in [-0.2, -0.15) is 13.2 Å². The van der Waals surface area contributed by atoms with E-state index in [4.69, 9.17) is 11.6 Å². The molecular weight excluding hydrogens is 573 g/mol. The van der Waals surface area contributed by atoms with Gasteiger partial charge in [-0.3, -0.25) is 20.2 Å².